The SMILES string of the molecule is O=S(=O)(Nc1cccc(S(=O)(=O)N2CCOCC2)c1)c1ccc(F)cc1F. The number of hydrogen-bond donors (Lipinski definition) is 1. The van der Waals surface area contributed by atoms with E-state index in [4.69, 9.17) is 4.74 Å². The van der Waals surface area contributed by atoms with Crippen LogP contribution in [0.3, 0.4) is 0 Å². The van der Waals surface area contributed by atoms with Crippen molar-refractivity contribution in [1.82, 2.24) is 4.31 Å². The van der Waals surface area contributed by atoms with E-state index in [1.54, 1.807) is 0 Å². The maximum atomic E-state index is 13.8. The van der Waals surface area contributed by atoms with Crippen molar-refractivity contribution in [3.05, 3.63) is 54.1 Å². The summed E-state index contributed by atoms with van der Waals surface area (Å²) in [5, 5.41) is 0. The maximum Gasteiger partial charge on any atom is 0.264 e. The van der Waals surface area contributed by atoms with Gasteiger partial charge in [0.05, 0.1) is 23.8 Å². The highest BCUT2D eigenvalue weighted by Gasteiger charge is 2.27. The number of rotatable bonds is 5. The number of benzene rings is 2. The fourth-order valence-corrected chi connectivity index (χ4v) is 5.12. The molecule has 0 spiro atoms. The highest BCUT2D eigenvalue weighted by atomic mass is 32.2. The molecular formula is C16H16F2N2O5S2. The second kappa shape index (κ2) is 7.50. The summed E-state index contributed by atoms with van der Waals surface area (Å²) in [5.74, 6) is -2.16. The lowest BCUT2D eigenvalue weighted by atomic mass is 10.3. The fourth-order valence-electron chi connectivity index (χ4n) is 2.56. The molecule has 1 aliphatic heterocycles. The lowest BCUT2D eigenvalue weighted by molar-refractivity contribution is 0.0730. The minimum absolute atomic E-state index is 0.0620. The zero-order valence-corrected chi connectivity index (χ0v) is 15.6. The van der Waals surface area contributed by atoms with E-state index >= 15 is 0 Å². The number of nitrogens with one attached hydrogen (secondary N) is 1. The van der Waals surface area contributed by atoms with Crippen LogP contribution in [0.4, 0.5) is 14.5 Å². The van der Waals surface area contributed by atoms with E-state index in [0.717, 1.165) is 18.2 Å². The average molecular weight is 418 g/mol. The molecule has 1 saturated heterocycles. The quantitative estimate of drug-likeness (QED) is 0.799. The van der Waals surface area contributed by atoms with Gasteiger partial charge in [0.2, 0.25) is 10.0 Å². The van der Waals surface area contributed by atoms with Crippen LogP contribution in [0.25, 0.3) is 0 Å². The molecule has 0 saturated carbocycles. The predicted molar refractivity (Wildman–Crippen MR) is 93.2 cm³/mol. The molecular weight excluding hydrogens is 402 g/mol. The molecule has 1 fully saturated rings. The van der Waals surface area contributed by atoms with Crippen LogP contribution < -0.4 is 4.72 Å². The van der Waals surface area contributed by atoms with Crippen LogP contribution >= 0.6 is 0 Å². The molecule has 0 unspecified atom stereocenters. The summed E-state index contributed by atoms with van der Waals surface area (Å²) < 4.78 is 85.3. The standard InChI is InChI=1S/C16H16F2N2O5S2/c17-12-4-5-16(15(18)10-12)26(21,22)19-13-2-1-3-14(11-13)27(23,24)20-6-8-25-9-7-20/h1-5,10-11,19H,6-9H2. The van der Waals surface area contributed by atoms with Crippen molar-refractivity contribution in [1.29, 1.82) is 0 Å². The van der Waals surface area contributed by atoms with Gasteiger partial charge in [-0.1, -0.05) is 6.07 Å². The molecule has 0 amide bonds. The number of hydrogen-bond acceptors (Lipinski definition) is 5. The first-order valence-corrected chi connectivity index (χ1v) is 10.8. The van der Waals surface area contributed by atoms with Crippen LogP contribution in [0.15, 0.2) is 52.3 Å². The number of nitrogens with zero attached hydrogens (tertiary/aromatic N) is 1. The second-order valence-electron chi connectivity index (χ2n) is 5.72. The van der Waals surface area contributed by atoms with Gasteiger partial charge in [-0.15, -0.1) is 0 Å². The molecule has 2 aromatic carbocycles. The van der Waals surface area contributed by atoms with Crippen molar-refractivity contribution < 1.29 is 30.4 Å². The van der Waals surface area contributed by atoms with E-state index in [1.165, 1.54) is 22.5 Å². The summed E-state index contributed by atoms with van der Waals surface area (Å²) in [5.41, 5.74) is -0.0620. The number of halogens is 2. The van der Waals surface area contributed by atoms with Crippen molar-refractivity contribution in [3.63, 3.8) is 0 Å². The zero-order valence-electron chi connectivity index (χ0n) is 13.9. The summed E-state index contributed by atoms with van der Waals surface area (Å²) in [6.07, 6.45) is 0. The van der Waals surface area contributed by atoms with Gasteiger partial charge in [-0.25, -0.2) is 25.6 Å². The van der Waals surface area contributed by atoms with E-state index in [-0.39, 0.29) is 36.9 Å². The van der Waals surface area contributed by atoms with E-state index in [0.29, 0.717) is 6.07 Å². The Bertz CT molecular complexity index is 1050. The van der Waals surface area contributed by atoms with Crippen LogP contribution in [0.5, 0.6) is 0 Å². The summed E-state index contributed by atoms with van der Waals surface area (Å²) >= 11 is 0. The minimum atomic E-state index is -4.37. The lowest BCUT2D eigenvalue weighted by Crippen LogP contribution is -2.40. The Morgan fingerprint density at radius 1 is 0.963 bits per heavy atom. The van der Waals surface area contributed by atoms with Gasteiger partial charge < -0.3 is 4.74 Å². The molecule has 11 heteroatoms. The summed E-state index contributed by atoms with van der Waals surface area (Å²) in [4.78, 5) is -0.852. The van der Waals surface area contributed by atoms with E-state index in [9.17, 15) is 25.6 Å². The molecule has 7 nitrogen and oxygen atoms in total. The van der Waals surface area contributed by atoms with Crippen molar-refractivity contribution in [3.8, 4) is 0 Å². The molecule has 0 aromatic heterocycles. The highest BCUT2D eigenvalue weighted by molar-refractivity contribution is 7.92. The number of sulfonamides is 2. The van der Waals surface area contributed by atoms with Crippen LogP contribution in [0.2, 0.25) is 0 Å². The summed E-state index contributed by atoms with van der Waals surface area (Å²) in [6, 6.07) is 7.24. The van der Waals surface area contributed by atoms with Gasteiger partial charge in [0.25, 0.3) is 10.0 Å². The monoisotopic (exact) mass is 418 g/mol. The van der Waals surface area contributed by atoms with Gasteiger partial charge >= 0.3 is 0 Å². The predicted octanol–water partition coefficient (Wildman–Crippen LogP) is 1.79. The molecule has 0 aliphatic carbocycles. The maximum absolute atomic E-state index is 13.8. The number of anilines is 1. The molecule has 0 radical (unpaired) electrons. The largest absolute Gasteiger partial charge is 0.379 e. The summed E-state index contributed by atoms with van der Waals surface area (Å²) in [6.45, 7) is 0.933. The van der Waals surface area contributed by atoms with Crippen LogP contribution in [0.1, 0.15) is 0 Å². The third kappa shape index (κ3) is 4.26. The smallest absolute Gasteiger partial charge is 0.264 e. The molecule has 1 N–H and O–H groups in total. The van der Waals surface area contributed by atoms with Crippen molar-refractivity contribution in [2.75, 3.05) is 31.0 Å². The normalized spacial score (nSPS) is 16.2. The highest BCUT2D eigenvalue weighted by Crippen LogP contribution is 2.24. The fraction of sp³-hybridized carbons (Fsp3) is 0.250. The molecule has 1 aliphatic rings. The van der Waals surface area contributed by atoms with Crippen molar-refractivity contribution in [2.24, 2.45) is 0 Å². The molecule has 146 valence electrons. The van der Waals surface area contributed by atoms with Gasteiger partial charge in [-0.2, -0.15) is 4.31 Å². The van der Waals surface area contributed by atoms with Gasteiger partial charge in [0.1, 0.15) is 16.5 Å². The molecule has 2 aromatic rings. The Morgan fingerprint density at radius 2 is 1.67 bits per heavy atom. The number of ether oxygens (including phenoxy) is 1. The average Bonchev–Trinajstić information content (AvgIpc) is 2.62. The molecule has 0 bridgehead atoms. The molecule has 1 heterocycles. The van der Waals surface area contributed by atoms with E-state index < -0.39 is 36.6 Å². The van der Waals surface area contributed by atoms with Crippen LogP contribution in [-0.2, 0) is 24.8 Å². The first-order valence-electron chi connectivity index (χ1n) is 7.86. The van der Waals surface area contributed by atoms with E-state index in [2.05, 4.69) is 4.72 Å². The van der Waals surface area contributed by atoms with Crippen LogP contribution in [-0.4, -0.2) is 47.4 Å². The Hall–Kier alpha value is -2.08. The second-order valence-corrected chi connectivity index (χ2v) is 9.31. The van der Waals surface area contributed by atoms with Crippen LogP contribution in [0, 0.1) is 11.6 Å². The first-order chi connectivity index (χ1) is 12.7. The summed E-state index contributed by atoms with van der Waals surface area (Å²) in [7, 11) is -8.19. The van der Waals surface area contributed by atoms with Gasteiger partial charge in [0.15, 0.2) is 0 Å². The van der Waals surface area contributed by atoms with E-state index in [1.807, 2.05) is 0 Å². The Balaban J connectivity index is 1.89. The lowest BCUT2D eigenvalue weighted by Gasteiger charge is -2.26. The zero-order chi connectivity index (χ0) is 19.7. The Morgan fingerprint density at radius 3 is 2.33 bits per heavy atom. The Kier molecular flexibility index (Phi) is 5.47. The minimum Gasteiger partial charge on any atom is -0.379 e. The first kappa shape index (κ1) is 19.7. The van der Waals surface area contributed by atoms with Gasteiger partial charge in [-0.05, 0) is 30.3 Å². The third-order valence-electron chi connectivity index (χ3n) is 3.88. The topological polar surface area (TPSA) is 92.8 Å². The van der Waals surface area contributed by atoms with Gasteiger partial charge in [-0.3, -0.25) is 4.72 Å². The van der Waals surface area contributed by atoms with Gasteiger partial charge in [0, 0.05) is 19.2 Å². The third-order valence-corrected chi connectivity index (χ3v) is 7.19. The molecule has 3 rings (SSSR count). The van der Waals surface area contributed by atoms with Crippen molar-refractivity contribution in [2.45, 2.75) is 9.79 Å². The number of morpholine rings is 1. The Labute approximate surface area is 155 Å². The van der Waals surface area contributed by atoms with Crippen molar-refractivity contribution >= 4 is 25.7 Å². The molecule has 0 atom stereocenters. The molecule has 27 heavy (non-hydrogen) atoms.